The van der Waals surface area contributed by atoms with Crippen LogP contribution in [0.25, 0.3) is 0 Å². The maximum atomic E-state index is 11.8. The largest absolute Gasteiger partial charge is 0.353 e. The predicted molar refractivity (Wildman–Crippen MR) is 66.0 cm³/mol. The van der Waals surface area contributed by atoms with E-state index in [1.165, 1.54) is 25.7 Å². The Morgan fingerprint density at radius 1 is 1.31 bits per heavy atom. The van der Waals surface area contributed by atoms with Gasteiger partial charge < -0.3 is 5.32 Å². The van der Waals surface area contributed by atoms with Crippen molar-refractivity contribution < 1.29 is 4.79 Å². The summed E-state index contributed by atoms with van der Waals surface area (Å²) in [6.07, 6.45) is 6.56. The highest BCUT2D eigenvalue weighted by molar-refractivity contribution is 5.78. The Morgan fingerprint density at radius 2 is 2.06 bits per heavy atom. The van der Waals surface area contributed by atoms with Crippen molar-refractivity contribution in [2.75, 3.05) is 0 Å². The van der Waals surface area contributed by atoms with Gasteiger partial charge in [0, 0.05) is 12.0 Å². The van der Waals surface area contributed by atoms with Gasteiger partial charge in [-0.25, -0.2) is 0 Å². The Balaban J connectivity index is 1.84. The second-order valence-corrected chi connectivity index (χ2v) is 5.95. The number of hydrogen-bond donors (Lipinski definition) is 1. The Labute approximate surface area is 99.2 Å². The van der Waals surface area contributed by atoms with Crippen LogP contribution >= 0.6 is 0 Å². The maximum absolute atomic E-state index is 11.8. The number of rotatable bonds is 4. The van der Waals surface area contributed by atoms with Gasteiger partial charge in [-0.2, -0.15) is 0 Å². The van der Waals surface area contributed by atoms with E-state index in [2.05, 4.69) is 19.2 Å². The van der Waals surface area contributed by atoms with E-state index in [0.717, 1.165) is 24.2 Å². The first-order valence-corrected chi connectivity index (χ1v) is 6.92. The molecular formula is C14H25NO. The highest BCUT2D eigenvalue weighted by atomic mass is 16.1. The normalized spacial score (nSPS) is 36.1. The Bertz CT molecular complexity index is 263. The van der Waals surface area contributed by atoms with Crippen molar-refractivity contribution in [1.29, 1.82) is 0 Å². The summed E-state index contributed by atoms with van der Waals surface area (Å²) in [6, 6.07) is 0.386. The molecule has 2 rings (SSSR count). The number of amides is 1. The Hall–Kier alpha value is -0.530. The molecule has 0 aromatic rings. The number of hydrogen-bond acceptors (Lipinski definition) is 1. The standard InChI is InChI=1S/C14H25NO/c1-4-9(2)14(16)15-10(3)13-8-11-5-6-12(13)7-11/h9-13H,4-8H2,1-3H3,(H,15,16). The zero-order valence-electron chi connectivity index (χ0n) is 10.8. The molecule has 0 aliphatic heterocycles. The van der Waals surface area contributed by atoms with Crippen LogP contribution in [0.2, 0.25) is 0 Å². The van der Waals surface area contributed by atoms with Crippen molar-refractivity contribution in [2.24, 2.45) is 23.7 Å². The third-order valence-electron chi connectivity index (χ3n) is 4.86. The summed E-state index contributed by atoms with van der Waals surface area (Å²) in [7, 11) is 0. The van der Waals surface area contributed by atoms with E-state index < -0.39 is 0 Å². The average Bonchev–Trinajstić information content (AvgIpc) is 2.89. The Morgan fingerprint density at radius 3 is 2.56 bits per heavy atom. The molecule has 0 aromatic carbocycles. The van der Waals surface area contributed by atoms with Crippen LogP contribution in [-0.2, 0) is 4.79 Å². The van der Waals surface area contributed by atoms with Crippen molar-refractivity contribution >= 4 is 5.91 Å². The highest BCUT2D eigenvalue weighted by Gasteiger charge is 2.42. The monoisotopic (exact) mass is 223 g/mol. The zero-order valence-corrected chi connectivity index (χ0v) is 10.8. The summed E-state index contributed by atoms with van der Waals surface area (Å²) in [6.45, 7) is 6.29. The summed E-state index contributed by atoms with van der Waals surface area (Å²) < 4.78 is 0. The molecule has 5 unspecified atom stereocenters. The van der Waals surface area contributed by atoms with Gasteiger partial charge in [-0.1, -0.05) is 20.3 Å². The quantitative estimate of drug-likeness (QED) is 0.780. The van der Waals surface area contributed by atoms with E-state index in [1.807, 2.05) is 6.92 Å². The fourth-order valence-electron chi connectivity index (χ4n) is 3.57. The van der Waals surface area contributed by atoms with Crippen LogP contribution in [0.5, 0.6) is 0 Å². The topological polar surface area (TPSA) is 29.1 Å². The summed E-state index contributed by atoms with van der Waals surface area (Å²) in [4.78, 5) is 11.8. The molecule has 16 heavy (non-hydrogen) atoms. The van der Waals surface area contributed by atoms with Gasteiger partial charge in [0.25, 0.3) is 0 Å². The molecule has 1 N–H and O–H groups in total. The van der Waals surface area contributed by atoms with Gasteiger partial charge in [0.1, 0.15) is 0 Å². The van der Waals surface area contributed by atoms with E-state index in [4.69, 9.17) is 0 Å². The molecule has 5 atom stereocenters. The molecule has 2 fully saturated rings. The fraction of sp³-hybridized carbons (Fsp3) is 0.929. The van der Waals surface area contributed by atoms with Gasteiger partial charge >= 0.3 is 0 Å². The lowest BCUT2D eigenvalue weighted by molar-refractivity contribution is -0.125. The molecule has 0 aromatic heterocycles. The zero-order chi connectivity index (χ0) is 11.7. The van der Waals surface area contributed by atoms with Crippen LogP contribution in [-0.4, -0.2) is 11.9 Å². The number of carbonyl (C=O) groups is 1. The highest BCUT2D eigenvalue weighted by Crippen LogP contribution is 2.49. The molecule has 0 heterocycles. The lowest BCUT2D eigenvalue weighted by Gasteiger charge is -2.29. The third-order valence-corrected chi connectivity index (χ3v) is 4.86. The predicted octanol–water partition coefficient (Wildman–Crippen LogP) is 2.97. The fourth-order valence-corrected chi connectivity index (χ4v) is 3.57. The summed E-state index contributed by atoms with van der Waals surface area (Å²) in [5, 5.41) is 3.22. The van der Waals surface area contributed by atoms with Crippen LogP contribution in [0.1, 0.15) is 52.9 Å². The van der Waals surface area contributed by atoms with E-state index in [1.54, 1.807) is 0 Å². The van der Waals surface area contributed by atoms with Crippen molar-refractivity contribution in [3.8, 4) is 0 Å². The minimum absolute atomic E-state index is 0.168. The lowest BCUT2D eigenvalue weighted by atomic mass is 9.84. The molecule has 2 aliphatic rings. The summed E-state index contributed by atoms with van der Waals surface area (Å²) >= 11 is 0. The van der Waals surface area contributed by atoms with E-state index >= 15 is 0 Å². The molecule has 0 spiro atoms. The first-order valence-electron chi connectivity index (χ1n) is 6.92. The molecule has 0 saturated heterocycles. The SMILES string of the molecule is CCC(C)C(=O)NC(C)C1CC2CCC1C2. The van der Waals surface area contributed by atoms with Crippen molar-refractivity contribution in [2.45, 2.75) is 58.9 Å². The molecule has 2 nitrogen and oxygen atoms in total. The van der Waals surface area contributed by atoms with E-state index in [-0.39, 0.29) is 11.8 Å². The number of nitrogens with one attached hydrogen (secondary N) is 1. The molecule has 0 radical (unpaired) electrons. The molecule has 2 heteroatoms. The summed E-state index contributed by atoms with van der Waals surface area (Å²) in [5.41, 5.74) is 0. The first kappa shape index (κ1) is 11.9. The minimum atomic E-state index is 0.168. The van der Waals surface area contributed by atoms with Crippen LogP contribution in [0.15, 0.2) is 0 Å². The van der Waals surface area contributed by atoms with Gasteiger partial charge in [-0.3, -0.25) is 4.79 Å². The van der Waals surface area contributed by atoms with Crippen molar-refractivity contribution in [1.82, 2.24) is 5.32 Å². The maximum Gasteiger partial charge on any atom is 0.223 e. The van der Waals surface area contributed by atoms with Gasteiger partial charge in [-0.05, 0) is 50.4 Å². The van der Waals surface area contributed by atoms with Crippen LogP contribution in [0, 0.1) is 23.7 Å². The first-order chi connectivity index (χ1) is 7.61. The molecule has 1 amide bonds. The third kappa shape index (κ3) is 2.26. The number of fused-ring (bicyclic) bond motifs is 2. The average molecular weight is 223 g/mol. The van der Waals surface area contributed by atoms with Crippen molar-refractivity contribution in [3.05, 3.63) is 0 Å². The molecule has 2 saturated carbocycles. The van der Waals surface area contributed by atoms with Crippen molar-refractivity contribution in [3.63, 3.8) is 0 Å². The molecule has 92 valence electrons. The molecular weight excluding hydrogens is 198 g/mol. The van der Waals surface area contributed by atoms with E-state index in [9.17, 15) is 4.79 Å². The van der Waals surface area contributed by atoms with Crippen LogP contribution in [0.4, 0.5) is 0 Å². The van der Waals surface area contributed by atoms with E-state index in [0.29, 0.717) is 6.04 Å². The van der Waals surface area contributed by atoms with Crippen LogP contribution < -0.4 is 5.32 Å². The second-order valence-electron chi connectivity index (χ2n) is 5.95. The summed E-state index contributed by atoms with van der Waals surface area (Å²) in [5.74, 6) is 3.04. The van der Waals surface area contributed by atoms with Crippen LogP contribution in [0.3, 0.4) is 0 Å². The smallest absolute Gasteiger partial charge is 0.223 e. The minimum Gasteiger partial charge on any atom is -0.353 e. The second kappa shape index (κ2) is 4.77. The van der Waals surface area contributed by atoms with Gasteiger partial charge in [0.15, 0.2) is 0 Å². The molecule has 2 aliphatic carbocycles. The number of carbonyl (C=O) groups excluding carboxylic acids is 1. The Kier molecular flexibility index (Phi) is 3.56. The van der Waals surface area contributed by atoms with Gasteiger partial charge in [0.05, 0.1) is 0 Å². The van der Waals surface area contributed by atoms with Gasteiger partial charge in [0.2, 0.25) is 5.91 Å². The van der Waals surface area contributed by atoms with Gasteiger partial charge in [-0.15, -0.1) is 0 Å². The molecule has 2 bridgehead atoms. The lowest BCUT2D eigenvalue weighted by Crippen LogP contribution is -2.42.